The van der Waals surface area contributed by atoms with Crippen molar-refractivity contribution in [1.82, 2.24) is 0 Å². The molecule has 142 valence electrons. The number of hydrogen-bond donors (Lipinski definition) is 1. The highest BCUT2D eigenvalue weighted by molar-refractivity contribution is 5.81. The van der Waals surface area contributed by atoms with E-state index in [2.05, 4.69) is 5.32 Å². The summed E-state index contributed by atoms with van der Waals surface area (Å²) in [6.45, 7) is 1.58. The number of quaternary nitrogens is 1. The van der Waals surface area contributed by atoms with Crippen molar-refractivity contribution in [1.29, 1.82) is 0 Å². The maximum Gasteiger partial charge on any atom is 0.336 e. The summed E-state index contributed by atoms with van der Waals surface area (Å²) in [5.74, 6) is 2.12. The molecule has 27 heavy (non-hydrogen) atoms. The fourth-order valence-electron chi connectivity index (χ4n) is 3.07. The minimum atomic E-state index is -0.348. The molecular weight excluding hydrogens is 346 g/mol. The van der Waals surface area contributed by atoms with Gasteiger partial charge in [-0.15, -0.1) is 0 Å². The molecule has 1 aromatic heterocycles. The minimum Gasteiger partial charge on any atom is -0.497 e. The predicted octanol–water partition coefficient (Wildman–Crippen LogP) is 2.12. The highest BCUT2D eigenvalue weighted by atomic mass is 16.5. The maximum absolute atomic E-state index is 11.8. The van der Waals surface area contributed by atoms with Crippen LogP contribution in [0.3, 0.4) is 0 Å². The van der Waals surface area contributed by atoms with E-state index in [1.165, 1.54) is 5.56 Å². The largest absolute Gasteiger partial charge is 0.497 e. The molecule has 0 bridgehead atoms. The second kappa shape index (κ2) is 8.60. The standard InChI is InChI=1S/C21H23NO5/c1-24-16-5-6-17-15(11-21(23)27-19(17)12-16)13-22-9-8-14-4-7-18(25-2)20(10-14)26-3/h4-7,10-12,22H,8-9,13H2,1-3H3/p+1. The van der Waals surface area contributed by atoms with Gasteiger partial charge in [0.2, 0.25) is 0 Å². The number of benzene rings is 2. The Bertz CT molecular complexity index is 980. The summed E-state index contributed by atoms with van der Waals surface area (Å²) < 4.78 is 21.1. The van der Waals surface area contributed by atoms with E-state index in [4.69, 9.17) is 18.6 Å². The number of fused-ring (bicyclic) bond motifs is 1. The van der Waals surface area contributed by atoms with Gasteiger partial charge in [-0.05, 0) is 29.8 Å². The van der Waals surface area contributed by atoms with Crippen LogP contribution in [0, 0.1) is 0 Å². The fourth-order valence-corrected chi connectivity index (χ4v) is 3.07. The van der Waals surface area contributed by atoms with Gasteiger partial charge in [0.05, 0.1) is 27.9 Å². The lowest BCUT2D eigenvalue weighted by molar-refractivity contribution is -0.670. The fraction of sp³-hybridized carbons (Fsp3) is 0.286. The zero-order valence-electron chi connectivity index (χ0n) is 15.8. The Balaban J connectivity index is 1.66. The van der Waals surface area contributed by atoms with Crippen molar-refractivity contribution in [3.05, 3.63) is 64.0 Å². The van der Waals surface area contributed by atoms with Gasteiger partial charge >= 0.3 is 5.63 Å². The molecule has 2 N–H and O–H groups in total. The molecule has 0 aliphatic heterocycles. The monoisotopic (exact) mass is 370 g/mol. The quantitative estimate of drug-likeness (QED) is 0.486. The maximum atomic E-state index is 11.8. The van der Waals surface area contributed by atoms with Crippen LogP contribution in [0.5, 0.6) is 17.2 Å². The Morgan fingerprint density at radius 3 is 2.48 bits per heavy atom. The van der Waals surface area contributed by atoms with E-state index in [0.717, 1.165) is 35.4 Å². The summed E-state index contributed by atoms with van der Waals surface area (Å²) in [5, 5.41) is 3.10. The van der Waals surface area contributed by atoms with Gasteiger partial charge in [-0.3, -0.25) is 0 Å². The lowest BCUT2D eigenvalue weighted by Crippen LogP contribution is -2.83. The van der Waals surface area contributed by atoms with Crippen molar-refractivity contribution in [3.63, 3.8) is 0 Å². The normalized spacial score (nSPS) is 10.8. The number of hydrogen-bond acceptors (Lipinski definition) is 5. The second-order valence-corrected chi connectivity index (χ2v) is 6.17. The first-order chi connectivity index (χ1) is 13.1. The summed E-state index contributed by atoms with van der Waals surface area (Å²) in [7, 11) is 4.85. The van der Waals surface area contributed by atoms with Crippen molar-refractivity contribution in [2.45, 2.75) is 13.0 Å². The third-order valence-corrected chi connectivity index (χ3v) is 4.49. The smallest absolute Gasteiger partial charge is 0.336 e. The van der Waals surface area contributed by atoms with Crippen molar-refractivity contribution < 1.29 is 23.9 Å². The van der Waals surface area contributed by atoms with Crippen LogP contribution in [0.2, 0.25) is 0 Å². The minimum absolute atomic E-state index is 0.348. The van der Waals surface area contributed by atoms with Crippen molar-refractivity contribution >= 4 is 11.0 Å². The molecule has 3 aromatic rings. The first-order valence-electron chi connectivity index (χ1n) is 8.78. The third-order valence-electron chi connectivity index (χ3n) is 4.49. The summed E-state index contributed by atoms with van der Waals surface area (Å²) in [6, 6.07) is 13.0. The number of methoxy groups -OCH3 is 3. The molecule has 1 heterocycles. The van der Waals surface area contributed by atoms with Gasteiger partial charge in [0.1, 0.15) is 17.9 Å². The Hall–Kier alpha value is -2.99. The molecule has 3 rings (SSSR count). The van der Waals surface area contributed by atoms with Gasteiger partial charge in [-0.2, -0.15) is 0 Å². The van der Waals surface area contributed by atoms with E-state index in [0.29, 0.717) is 17.9 Å². The van der Waals surface area contributed by atoms with E-state index in [1.54, 1.807) is 33.5 Å². The molecule has 6 nitrogen and oxygen atoms in total. The first-order valence-corrected chi connectivity index (χ1v) is 8.78. The van der Waals surface area contributed by atoms with Crippen LogP contribution in [0.25, 0.3) is 11.0 Å². The predicted molar refractivity (Wildman–Crippen MR) is 103 cm³/mol. The topological polar surface area (TPSA) is 74.5 Å². The van der Waals surface area contributed by atoms with Crippen LogP contribution in [0.15, 0.2) is 51.7 Å². The average molecular weight is 370 g/mol. The van der Waals surface area contributed by atoms with E-state index in [-0.39, 0.29) is 5.63 Å². The molecule has 0 saturated carbocycles. The Kier molecular flexibility index (Phi) is 5.98. The molecule has 0 aliphatic carbocycles. The van der Waals surface area contributed by atoms with Gasteiger partial charge in [0, 0.05) is 29.5 Å². The average Bonchev–Trinajstić information content (AvgIpc) is 2.70. The molecule has 0 amide bonds. The molecule has 6 heteroatoms. The van der Waals surface area contributed by atoms with Gasteiger partial charge in [0.25, 0.3) is 0 Å². The van der Waals surface area contributed by atoms with E-state index >= 15 is 0 Å². The lowest BCUT2D eigenvalue weighted by Gasteiger charge is -2.09. The third kappa shape index (κ3) is 4.41. The van der Waals surface area contributed by atoms with Gasteiger partial charge in [0.15, 0.2) is 11.5 Å². The molecule has 0 aliphatic rings. The first kappa shape index (κ1) is 18.8. The van der Waals surface area contributed by atoms with E-state index in [9.17, 15) is 4.79 Å². The van der Waals surface area contributed by atoms with Crippen LogP contribution >= 0.6 is 0 Å². The molecule has 0 radical (unpaired) electrons. The Morgan fingerprint density at radius 1 is 0.926 bits per heavy atom. The highest BCUT2D eigenvalue weighted by Gasteiger charge is 2.09. The molecule has 0 spiro atoms. The molecule has 0 unspecified atom stereocenters. The summed E-state index contributed by atoms with van der Waals surface area (Å²) in [5.41, 5.74) is 2.33. The molecular formula is C21H24NO5+. The van der Waals surface area contributed by atoms with Crippen LogP contribution in [-0.2, 0) is 13.0 Å². The van der Waals surface area contributed by atoms with Crippen LogP contribution in [-0.4, -0.2) is 27.9 Å². The lowest BCUT2D eigenvalue weighted by atomic mass is 10.1. The highest BCUT2D eigenvalue weighted by Crippen LogP contribution is 2.27. The molecule has 0 atom stereocenters. The molecule has 0 fully saturated rings. The van der Waals surface area contributed by atoms with Crippen LogP contribution < -0.4 is 25.2 Å². The summed E-state index contributed by atoms with van der Waals surface area (Å²) >= 11 is 0. The second-order valence-electron chi connectivity index (χ2n) is 6.17. The Morgan fingerprint density at radius 2 is 1.74 bits per heavy atom. The van der Waals surface area contributed by atoms with Crippen molar-refractivity contribution in [2.24, 2.45) is 0 Å². The number of ether oxygens (including phenoxy) is 3. The zero-order chi connectivity index (χ0) is 19.2. The number of nitrogens with two attached hydrogens (primary N) is 1. The number of rotatable bonds is 8. The van der Waals surface area contributed by atoms with E-state index < -0.39 is 0 Å². The zero-order valence-corrected chi connectivity index (χ0v) is 15.8. The van der Waals surface area contributed by atoms with Crippen LogP contribution in [0.4, 0.5) is 0 Å². The Labute approximate surface area is 157 Å². The summed E-state index contributed by atoms with van der Waals surface area (Å²) in [4.78, 5) is 11.8. The van der Waals surface area contributed by atoms with Crippen molar-refractivity contribution in [2.75, 3.05) is 27.9 Å². The molecule has 2 aromatic carbocycles. The molecule has 0 saturated heterocycles. The van der Waals surface area contributed by atoms with Crippen molar-refractivity contribution in [3.8, 4) is 17.2 Å². The van der Waals surface area contributed by atoms with Gasteiger partial charge in [-0.25, -0.2) is 4.79 Å². The van der Waals surface area contributed by atoms with Crippen LogP contribution in [0.1, 0.15) is 11.1 Å². The summed E-state index contributed by atoms with van der Waals surface area (Å²) in [6.07, 6.45) is 0.882. The van der Waals surface area contributed by atoms with Gasteiger partial charge < -0.3 is 23.9 Å². The van der Waals surface area contributed by atoms with Gasteiger partial charge in [-0.1, -0.05) is 6.07 Å². The SMILES string of the molecule is COc1ccc2c(C[NH2+]CCc3ccc(OC)c(OC)c3)cc(=O)oc2c1. The van der Waals surface area contributed by atoms with E-state index in [1.807, 2.05) is 30.3 Å².